The van der Waals surface area contributed by atoms with E-state index >= 15 is 0 Å². The number of benzene rings is 2. The molecule has 0 saturated carbocycles. The van der Waals surface area contributed by atoms with Crippen molar-refractivity contribution >= 4 is 17.3 Å². The molecule has 1 aliphatic heterocycles. The lowest BCUT2D eigenvalue weighted by Crippen LogP contribution is -2.23. The molecule has 0 radical (unpaired) electrons. The number of amides is 1. The summed E-state index contributed by atoms with van der Waals surface area (Å²) in [4.78, 5) is 14.1. The topological polar surface area (TPSA) is 52.6 Å². The second-order valence-electron chi connectivity index (χ2n) is 5.68. The van der Waals surface area contributed by atoms with Gasteiger partial charge in [0.15, 0.2) is 0 Å². The molecule has 22 heavy (non-hydrogen) atoms. The SMILES string of the molecule is CCN(C)c1ccc(C2CC(=O)Nc3cc(O)ccc32)cc1. The van der Waals surface area contributed by atoms with E-state index in [0.717, 1.165) is 23.4 Å². The largest absolute Gasteiger partial charge is 0.508 e. The third kappa shape index (κ3) is 2.64. The molecule has 3 rings (SSSR count). The molecule has 2 N–H and O–H groups in total. The lowest BCUT2D eigenvalue weighted by molar-refractivity contribution is -0.116. The summed E-state index contributed by atoms with van der Waals surface area (Å²) in [5.74, 6) is 0.183. The van der Waals surface area contributed by atoms with Crippen LogP contribution in [0.2, 0.25) is 0 Å². The predicted molar refractivity (Wildman–Crippen MR) is 88.6 cm³/mol. The average molecular weight is 296 g/mol. The number of hydrogen-bond acceptors (Lipinski definition) is 3. The maximum atomic E-state index is 11.9. The van der Waals surface area contributed by atoms with Gasteiger partial charge in [-0.2, -0.15) is 0 Å². The van der Waals surface area contributed by atoms with Crippen LogP contribution in [0.5, 0.6) is 5.75 Å². The van der Waals surface area contributed by atoms with Gasteiger partial charge < -0.3 is 15.3 Å². The van der Waals surface area contributed by atoms with Gasteiger partial charge in [-0.3, -0.25) is 4.79 Å². The maximum absolute atomic E-state index is 11.9. The number of rotatable bonds is 3. The Morgan fingerprint density at radius 1 is 1.23 bits per heavy atom. The molecule has 2 aromatic rings. The molecule has 0 aromatic heterocycles. The zero-order chi connectivity index (χ0) is 15.7. The van der Waals surface area contributed by atoms with Crippen LogP contribution in [0.4, 0.5) is 11.4 Å². The maximum Gasteiger partial charge on any atom is 0.225 e. The zero-order valence-corrected chi connectivity index (χ0v) is 12.8. The van der Waals surface area contributed by atoms with Gasteiger partial charge >= 0.3 is 0 Å². The van der Waals surface area contributed by atoms with E-state index in [1.165, 1.54) is 0 Å². The fourth-order valence-corrected chi connectivity index (χ4v) is 2.89. The quantitative estimate of drug-likeness (QED) is 0.913. The van der Waals surface area contributed by atoms with Crippen LogP contribution in [-0.4, -0.2) is 24.6 Å². The summed E-state index contributed by atoms with van der Waals surface area (Å²) in [6.07, 6.45) is 0.431. The number of aromatic hydroxyl groups is 1. The molecule has 0 bridgehead atoms. The lowest BCUT2D eigenvalue weighted by Gasteiger charge is -2.26. The molecule has 1 atom stereocenters. The van der Waals surface area contributed by atoms with Crippen molar-refractivity contribution < 1.29 is 9.90 Å². The molecular formula is C18H20N2O2. The first-order valence-electron chi connectivity index (χ1n) is 7.52. The molecule has 1 aliphatic rings. The molecule has 4 heteroatoms. The number of nitrogens with one attached hydrogen (secondary N) is 1. The van der Waals surface area contributed by atoms with E-state index in [0.29, 0.717) is 12.1 Å². The van der Waals surface area contributed by atoms with E-state index in [2.05, 4.69) is 48.5 Å². The average Bonchev–Trinajstić information content (AvgIpc) is 2.53. The Morgan fingerprint density at radius 3 is 2.64 bits per heavy atom. The number of carbonyl (C=O) groups excluding carboxylic acids is 1. The van der Waals surface area contributed by atoms with Crippen LogP contribution in [0, 0.1) is 0 Å². The molecule has 1 unspecified atom stereocenters. The number of fused-ring (bicyclic) bond motifs is 1. The monoisotopic (exact) mass is 296 g/mol. The van der Waals surface area contributed by atoms with Gasteiger partial charge in [-0.05, 0) is 36.2 Å². The normalized spacial score (nSPS) is 16.8. The Morgan fingerprint density at radius 2 is 1.95 bits per heavy atom. The second-order valence-corrected chi connectivity index (χ2v) is 5.68. The fourth-order valence-electron chi connectivity index (χ4n) is 2.89. The van der Waals surface area contributed by atoms with E-state index in [-0.39, 0.29) is 17.6 Å². The molecule has 1 amide bonds. The molecule has 0 aliphatic carbocycles. The van der Waals surface area contributed by atoms with Crippen molar-refractivity contribution in [3.63, 3.8) is 0 Å². The van der Waals surface area contributed by atoms with Gasteiger partial charge in [-0.1, -0.05) is 18.2 Å². The summed E-state index contributed by atoms with van der Waals surface area (Å²) in [5.41, 5.74) is 4.04. The number of carbonyl (C=O) groups is 1. The van der Waals surface area contributed by atoms with E-state index in [9.17, 15) is 9.90 Å². The highest BCUT2D eigenvalue weighted by Crippen LogP contribution is 2.38. The van der Waals surface area contributed by atoms with Gasteiger partial charge in [-0.25, -0.2) is 0 Å². The summed E-state index contributed by atoms with van der Waals surface area (Å²) in [7, 11) is 2.06. The Hall–Kier alpha value is -2.49. The van der Waals surface area contributed by atoms with Crippen LogP contribution >= 0.6 is 0 Å². The third-order valence-electron chi connectivity index (χ3n) is 4.29. The molecule has 0 spiro atoms. The highest BCUT2D eigenvalue weighted by atomic mass is 16.3. The Bertz CT molecular complexity index is 695. The first kappa shape index (κ1) is 14.4. The number of nitrogens with zero attached hydrogens (tertiary/aromatic N) is 1. The van der Waals surface area contributed by atoms with E-state index in [1.54, 1.807) is 12.1 Å². The summed E-state index contributed by atoms with van der Waals surface area (Å²) >= 11 is 0. The summed E-state index contributed by atoms with van der Waals surface area (Å²) in [6.45, 7) is 3.06. The van der Waals surface area contributed by atoms with E-state index in [4.69, 9.17) is 0 Å². The highest BCUT2D eigenvalue weighted by molar-refractivity contribution is 5.95. The summed E-state index contributed by atoms with van der Waals surface area (Å²) in [6, 6.07) is 13.5. The molecular weight excluding hydrogens is 276 g/mol. The van der Waals surface area contributed by atoms with Gasteiger partial charge in [-0.15, -0.1) is 0 Å². The number of phenolic OH excluding ortho intramolecular Hbond substituents is 1. The van der Waals surface area contributed by atoms with Crippen molar-refractivity contribution in [3.05, 3.63) is 53.6 Å². The smallest absolute Gasteiger partial charge is 0.225 e. The van der Waals surface area contributed by atoms with Crippen LogP contribution in [0.25, 0.3) is 0 Å². The van der Waals surface area contributed by atoms with Crippen molar-refractivity contribution in [1.29, 1.82) is 0 Å². The predicted octanol–water partition coefficient (Wildman–Crippen LogP) is 3.32. The highest BCUT2D eigenvalue weighted by Gasteiger charge is 2.26. The number of phenols is 1. The van der Waals surface area contributed by atoms with Gasteiger partial charge in [0.1, 0.15) is 5.75 Å². The first-order valence-corrected chi connectivity index (χ1v) is 7.52. The Kier molecular flexibility index (Phi) is 3.75. The van der Waals surface area contributed by atoms with Crippen LogP contribution < -0.4 is 10.2 Å². The minimum atomic E-state index is -0.0159. The molecule has 0 saturated heterocycles. The second kappa shape index (κ2) is 5.72. The molecule has 114 valence electrons. The van der Waals surface area contributed by atoms with Gasteiger partial charge in [0, 0.05) is 43.4 Å². The number of hydrogen-bond donors (Lipinski definition) is 2. The number of anilines is 2. The Balaban J connectivity index is 1.97. The van der Waals surface area contributed by atoms with Gasteiger partial charge in [0.25, 0.3) is 0 Å². The van der Waals surface area contributed by atoms with Crippen LogP contribution in [0.1, 0.15) is 30.4 Å². The third-order valence-corrected chi connectivity index (χ3v) is 4.29. The minimum absolute atomic E-state index is 0.0159. The zero-order valence-electron chi connectivity index (χ0n) is 12.8. The summed E-state index contributed by atoms with van der Waals surface area (Å²) in [5, 5.41) is 12.4. The van der Waals surface area contributed by atoms with E-state index in [1.807, 2.05) is 6.07 Å². The molecule has 4 nitrogen and oxygen atoms in total. The van der Waals surface area contributed by atoms with Gasteiger partial charge in [0.05, 0.1) is 0 Å². The first-order chi connectivity index (χ1) is 10.6. The molecule has 1 heterocycles. The molecule has 2 aromatic carbocycles. The lowest BCUT2D eigenvalue weighted by atomic mass is 9.84. The van der Waals surface area contributed by atoms with Crippen molar-refractivity contribution in [2.24, 2.45) is 0 Å². The van der Waals surface area contributed by atoms with Gasteiger partial charge in [0.2, 0.25) is 5.91 Å². The van der Waals surface area contributed by atoms with Crippen LogP contribution in [0.3, 0.4) is 0 Å². The van der Waals surface area contributed by atoms with Crippen molar-refractivity contribution in [2.75, 3.05) is 23.8 Å². The van der Waals surface area contributed by atoms with Crippen molar-refractivity contribution in [3.8, 4) is 5.75 Å². The summed E-state index contributed by atoms with van der Waals surface area (Å²) < 4.78 is 0. The van der Waals surface area contributed by atoms with E-state index < -0.39 is 0 Å². The Labute approximate surface area is 130 Å². The van der Waals surface area contributed by atoms with Crippen LogP contribution in [-0.2, 0) is 4.79 Å². The molecule has 0 fully saturated rings. The van der Waals surface area contributed by atoms with Crippen molar-refractivity contribution in [1.82, 2.24) is 0 Å². The minimum Gasteiger partial charge on any atom is -0.508 e. The standard InChI is InChI=1S/C18H20N2O2/c1-3-20(2)13-6-4-12(5-7-13)16-11-18(22)19-17-10-14(21)8-9-15(16)17/h4-10,16,21H,3,11H2,1-2H3,(H,19,22). The fraction of sp³-hybridized carbons (Fsp3) is 0.278. The van der Waals surface area contributed by atoms with Crippen LogP contribution in [0.15, 0.2) is 42.5 Å². The van der Waals surface area contributed by atoms with Crippen molar-refractivity contribution in [2.45, 2.75) is 19.3 Å².